The number of hydrogen-bond acceptors (Lipinski definition) is 3. The van der Waals surface area contributed by atoms with E-state index in [1.165, 1.54) is 0 Å². The molecule has 1 aromatic carbocycles. The Morgan fingerprint density at radius 1 is 1.45 bits per heavy atom. The molecule has 0 saturated carbocycles. The molecule has 0 saturated heterocycles. The topological polar surface area (TPSA) is 95.1 Å². The summed E-state index contributed by atoms with van der Waals surface area (Å²) in [6.45, 7) is 3.50. The van der Waals surface area contributed by atoms with Crippen LogP contribution in [0.5, 0.6) is 0 Å². The number of carboxylic acids is 1. The lowest BCUT2D eigenvalue weighted by molar-refractivity contribution is -0.147. The zero-order chi connectivity index (χ0) is 14.8. The van der Waals surface area contributed by atoms with Gasteiger partial charge in [-0.25, -0.2) is 4.98 Å². The average Bonchev–Trinajstić information content (AvgIpc) is 2.91. The number of H-pyrrole nitrogens is 1. The number of aromatic nitrogens is 2. The Kier molecular flexibility index (Phi) is 3.74. The van der Waals surface area contributed by atoms with E-state index in [1.54, 1.807) is 38.4 Å². The number of rotatable bonds is 5. The zero-order valence-corrected chi connectivity index (χ0v) is 11.4. The molecule has 0 spiro atoms. The summed E-state index contributed by atoms with van der Waals surface area (Å²) in [6, 6.07) is 5.11. The molecule has 1 atom stereocenters. The van der Waals surface area contributed by atoms with E-state index in [0.29, 0.717) is 12.0 Å². The van der Waals surface area contributed by atoms with Crippen molar-refractivity contribution in [2.24, 2.45) is 5.41 Å². The van der Waals surface area contributed by atoms with Crippen LogP contribution in [0.2, 0.25) is 0 Å². The van der Waals surface area contributed by atoms with E-state index in [4.69, 9.17) is 5.11 Å². The molecule has 1 unspecified atom stereocenters. The van der Waals surface area contributed by atoms with Gasteiger partial charge in [0, 0.05) is 12.1 Å². The maximum atomic E-state index is 12.1. The summed E-state index contributed by atoms with van der Waals surface area (Å²) in [5.41, 5.74) is 1.08. The van der Waals surface area contributed by atoms with E-state index in [2.05, 4.69) is 15.3 Å². The van der Waals surface area contributed by atoms with E-state index in [-0.39, 0.29) is 12.5 Å². The number of carbonyl (C=O) groups is 2. The van der Waals surface area contributed by atoms with Crippen molar-refractivity contribution in [1.29, 1.82) is 0 Å². The average molecular weight is 275 g/mol. The molecule has 6 heteroatoms. The summed E-state index contributed by atoms with van der Waals surface area (Å²) in [6.07, 6.45) is 2.01. The second kappa shape index (κ2) is 5.32. The highest BCUT2D eigenvalue weighted by Crippen LogP contribution is 2.20. The van der Waals surface area contributed by atoms with Gasteiger partial charge in [0.15, 0.2) is 0 Å². The molecule has 2 aromatic rings. The van der Waals surface area contributed by atoms with Crippen LogP contribution in [-0.2, 0) is 4.79 Å². The van der Waals surface area contributed by atoms with Gasteiger partial charge in [-0.1, -0.05) is 6.92 Å². The standard InChI is InChI=1S/C14H17N3O3/c1-3-14(2,13(19)20)7-15-12(18)9-4-5-10-11(6-9)17-8-16-10/h4-6,8H,3,7H2,1-2H3,(H,15,18)(H,16,17)(H,19,20). The maximum Gasteiger partial charge on any atom is 0.311 e. The van der Waals surface area contributed by atoms with Crippen LogP contribution in [0.3, 0.4) is 0 Å². The highest BCUT2D eigenvalue weighted by Gasteiger charge is 2.31. The van der Waals surface area contributed by atoms with E-state index in [1.807, 2.05) is 0 Å². The number of fused-ring (bicyclic) bond motifs is 1. The van der Waals surface area contributed by atoms with Crippen molar-refractivity contribution in [3.05, 3.63) is 30.1 Å². The third-order valence-electron chi connectivity index (χ3n) is 3.62. The van der Waals surface area contributed by atoms with E-state index >= 15 is 0 Å². The summed E-state index contributed by atoms with van der Waals surface area (Å²) in [5, 5.41) is 11.8. The predicted octanol–water partition coefficient (Wildman–Crippen LogP) is 1.79. The fourth-order valence-corrected chi connectivity index (χ4v) is 1.81. The van der Waals surface area contributed by atoms with Gasteiger partial charge in [0.05, 0.1) is 22.8 Å². The quantitative estimate of drug-likeness (QED) is 0.775. The maximum absolute atomic E-state index is 12.1. The van der Waals surface area contributed by atoms with E-state index in [9.17, 15) is 9.59 Å². The highest BCUT2D eigenvalue weighted by molar-refractivity contribution is 5.97. The first kappa shape index (κ1) is 14.0. The summed E-state index contributed by atoms with van der Waals surface area (Å²) in [7, 11) is 0. The molecular weight excluding hydrogens is 258 g/mol. The van der Waals surface area contributed by atoms with Crippen LogP contribution in [-0.4, -0.2) is 33.5 Å². The van der Waals surface area contributed by atoms with Gasteiger partial charge in [0.1, 0.15) is 0 Å². The van der Waals surface area contributed by atoms with Crippen LogP contribution < -0.4 is 5.32 Å². The molecule has 1 aromatic heterocycles. The molecule has 1 heterocycles. The monoisotopic (exact) mass is 275 g/mol. The Labute approximate surface area is 116 Å². The van der Waals surface area contributed by atoms with Crippen LogP contribution in [0.15, 0.2) is 24.5 Å². The second-order valence-corrected chi connectivity index (χ2v) is 5.04. The van der Waals surface area contributed by atoms with Gasteiger partial charge in [-0.3, -0.25) is 9.59 Å². The Hall–Kier alpha value is -2.37. The molecule has 6 nitrogen and oxygen atoms in total. The first-order valence-corrected chi connectivity index (χ1v) is 6.41. The number of nitrogens with zero attached hydrogens (tertiary/aromatic N) is 1. The molecular formula is C14H17N3O3. The summed E-state index contributed by atoms with van der Waals surface area (Å²) in [5.74, 6) is -1.20. The molecule has 106 valence electrons. The predicted molar refractivity (Wildman–Crippen MR) is 74.5 cm³/mol. The molecule has 0 aliphatic rings. The summed E-state index contributed by atoms with van der Waals surface area (Å²) < 4.78 is 0. The molecule has 0 aliphatic heterocycles. The van der Waals surface area contributed by atoms with Crippen molar-refractivity contribution >= 4 is 22.9 Å². The van der Waals surface area contributed by atoms with Crippen LogP contribution in [0.4, 0.5) is 0 Å². The number of carboxylic acid groups (broad SMARTS) is 1. The molecule has 0 fully saturated rings. The molecule has 1 amide bonds. The van der Waals surface area contributed by atoms with Gasteiger partial charge >= 0.3 is 5.97 Å². The normalized spacial score (nSPS) is 13.9. The van der Waals surface area contributed by atoms with Crippen molar-refractivity contribution in [2.75, 3.05) is 6.54 Å². The molecule has 0 aliphatic carbocycles. The Balaban J connectivity index is 2.10. The number of amides is 1. The number of aliphatic carboxylic acids is 1. The summed E-state index contributed by atoms with van der Waals surface area (Å²) >= 11 is 0. The number of nitrogens with one attached hydrogen (secondary N) is 2. The van der Waals surface area contributed by atoms with Gasteiger partial charge in [0.25, 0.3) is 5.91 Å². The lowest BCUT2D eigenvalue weighted by atomic mass is 9.87. The van der Waals surface area contributed by atoms with E-state index in [0.717, 1.165) is 11.0 Å². The lowest BCUT2D eigenvalue weighted by Gasteiger charge is -2.23. The van der Waals surface area contributed by atoms with Crippen LogP contribution >= 0.6 is 0 Å². The molecule has 0 radical (unpaired) electrons. The number of hydrogen-bond donors (Lipinski definition) is 3. The smallest absolute Gasteiger partial charge is 0.311 e. The van der Waals surface area contributed by atoms with Crippen LogP contribution in [0.1, 0.15) is 30.6 Å². The fraction of sp³-hybridized carbons (Fsp3) is 0.357. The van der Waals surface area contributed by atoms with Gasteiger partial charge in [0.2, 0.25) is 0 Å². The van der Waals surface area contributed by atoms with Gasteiger partial charge in [-0.15, -0.1) is 0 Å². The number of imidazole rings is 1. The van der Waals surface area contributed by atoms with Gasteiger partial charge < -0.3 is 15.4 Å². The second-order valence-electron chi connectivity index (χ2n) is 5.04. The molecule has 20 heavy (non-hydrogen) atoms. The van der Waals surface area contributed by atoms with Crippen molar-refractivity contribution < 1.29 is 14.7 Å². The third-order valence-corrected chi connectivity index (χ3v) is 3.62. The molecule has 2 rings (SSSR count). The van der Waals surface area contributed by atoms with Crippen LogP contribution in [0.25, 0.3) is 11.0 Å². The zero-order valence-electron chi connectivity index (χ0n) is 11.4. The number of benzene rings is 1. The largest absolute Gasteiger partial charge is 0.481 e. The van der Waals surface area contributed by atoms with Crippen molar-refractivity contribution in [3.63, 3.8) is 0 Å². The minimum absolute atomic E-state index is 0.0959. The third kappa shape index (κ3) is 2.64. The first-order chi connectivity index (χ1) is 9.46. The Morgan fingerprint density at radius 2 is 2.20 bits per heavy atom. The molecule has 0 bridgehead atoms. The Bertz CT molecular complexity index is 650. The van der Waals surface area contributed by atoms with Crippen molar-refractivity contribution in [3.8, 4) is 0 Å². The summed E-state index contributed by atoms with van der Waals surface area (Å²) in [4.78, 5) is 30.2. The van der Waals surface area contributed by atoms with Crippen molar-refractivity contribution in [2.45, 2.75) is 20.3 Å². The Morgan fingerprint density at radius 3 is 2.85 bits per heavy atom. The number of carbonyl (C=O) groups excluding carboxylic acids is 1. The van der Waals surface area contributed by atoms with E-state index < -0.39 is 11.4 Å². The highest BCUT2D eigenvalue weighted by atomic mass is 16.4. The van der Waals surface area contributed by atoms with Crippen molar-refractivity contribution in [1.82, 2.24) is 15.3 Å². The SMILES string of the molecule is CCC(C)(CNC(=O)c1ccc2nc[nH]c2c1)C(=O)O. The minimum Gasteiger partial charge on any atom is -0.481 e. The lowest BCUT2D eigenvalue weighted by Crippen LogP contribution is -2.40. The molecule has 3 N–H and O–H groups in total. The van der Waals surface area contributed by atoms with Gasteiger partial charge in [-0.2, -0.15) is 0 Å². The first-order valence-electron chi connectivity index (χ1n) is 6.41. The van der Waals surface area contributed by atoms with Gasteiger partial charge in [-0.05, 0) is 31.5 Å². The fourth-order valence-electron chi connectivity index (χ4n) is 1.81. The minimum atomic E-state index is -0.951. The number of aromatic amines is 1. The van der Waals surface area contributed by atoms with Crippen LogP contribution in [0, 0.1) is 5.41 Å².